The molecule has 0 radical (unpaired) electrons. The highest BCUT2D eigenvalue weighted by Crippen LogP contribution is 2.25. The molecular formula is C23H19N3OS. The molecule has 0 spiro atoms. The van der Waals surface area contributed by atoms with Gasteiger partial charge in [-0.25, -0.2) is 4.98 Å². The molecule has 0 aliphatic rings. The van der Waals surface area contributed by atoms with Crippen LogP contribution in [-0.2, 0) is 0 Å². The molecule has 138 valence electrons. The van der Waals surface area contributed by atoms with Crippen molar-refractivity contribution in [1.82, 2.24) is 4.98 Å². The Bertz CT molecular complexity index is 1070. The molecule has 5 heteroatoms. The molecule has 0 fully saturated rings. The molecule has 0 atom stereocenters. The first-order valence-electron chi connectivity index (χ1n) is 8.86. The zero-order valence-corrected chi connectivity index (χ0v) is 16.2. The van der Waals surface area contributed by atoms with Crippen LogP contribution in [0.2, 0.25) is 0 Å². The van der Waals surface area contributed by atoms with Crippen molar-refractivity contribution in [2.24, 2.45) is 5.10 Å². The van der Waals surface area contributed by atoms with E-state index in [0.717, 1.165) is 38.8 Å². The van der Waals surface area contributed by atoms with Crippen molar-refractivity contribution in [3.63, 3.8) is 0 Å². The van der Waals surface area contributed by atoms with Crippen LogP contribution in [0.5, 0.6) is 5.75 Å². The summed E-state index contributed by atoms with van der Waals surface area (Å²) in [6.07, 6.45) is 1.79. The van der Waals surface area contributed by atoms with Crippen molar-refractivity contribution >= 4 is 22.7 Å². The first-order valence-corrected chi connectivity index (χ1v) is 9.74. The lowest BCUT2D eigenvalue weighted by Crippen LogP contribution is -1.90. The quantitative estimate of drug-likeness (QED) is 0.330. The van der Waals surface area contributed by atoms with Gasteiger partial charge in [-0.1, -0.05) is 66.7 Å². The highest BCUT2D eigenvalue weighted by Gasteiger charge is 2.03. The predicted octanol–water partition coefficient (Wildman–Crippen LogP) is 5.93. The third-order valence-corrected chi connectivity index (χ3v) is 5.01. The van der Waals surface area contributed by atoms with Crippen LogP contribution < -0.4 is 10.2 Å². The number of nitrogens with zero attached hydrogens (tertiary/aromatic N) is 2. The Morgan fingerprint density at radius 1 is 0.893 bits per heavy atom. The van der Waals surface area contributed by atoms with Crippen LogP contribution in [0.1, 0.15) is 5.56 Å². The summed E-state index contributed by atoms with van der Waals surface area (Å²) in [5, 5.41) is 7.09. The number of ether oxygens (including phenoxy) is 1. The van der Waals surface area contributed by atoms with Crippen LogP contribution in [0, 0.1) is 0 Å². The number of rotatable bonds is 6. The molecule has 0 aliphatic carbocycles. The van der Waals surface area contributed by atoms with Crippen molar-refractivity contribution in [3.8, 4) is 28.1 Å². The third kappa shape index (κ3) is 4.27. The Hall–Kier alpha value is -3.44. The van der Waals surface area contributed by atoms with Gasteiger partial charge in [0, 0.05) is 10.9 Å². The van der Waals surface area contributed by atoms with Gasteiger partial charge in [-0.2, -0.15) is 5.10 Å². The van der Waals surface area contributed by atoms with Gasteiger partial charge in [-0.3, -0.25) is 5.43 Å². The van der Waals surface area contributed by atoms with Gasteiger partial charge >= 0.3 is 0 Å². The van der Waals surface area contributed by atoms with E-state index in [1.165, 1.54) is 11.3 Å². The van der Waals surface area contributed by atoms with E-state index in [1.807, 2.05) is 66.0 Å². The Kier molecular flexibility index (Phi) is 5.45. The van der Waals surface area contributed by atoms with E-state index in [4.69, 9.17) is 4.74 Å². The summed E-state index contributed by atoms with van der Waals surface area (Å²) < 4.78 is 5.29. The first-order chi connectivity index (χ1) is 13.8. The molecule has 1 aromatic heterocycles. The Balaban J connectivity index is 1.41. The van der Waals surface area contributed by atoms with Crippen LogP contribution in [0.15, 0.2) is 89.3 Å². The summed E-state index contributed by atoms with van der Waals surface area (Å²) in [6, 6.07) is 26.4. The SMILES string of the molecule is COc1cccc(-c2ccc(C=NNc3nc(-c4ccccc4)cs3)cc2)c1. The number of hydrazone groups is 1. The summed E-state index contributed by atoms with van der Waals surface area (Å²) in [5.41, 5.74) is 8.33. The summed E-state index contributed by atoms with van der Waals surface area (Å²) >= 11 is 1.53. The van der Waals surface area contributed by atoms with Gasteiger partial charge in [0.05, 0.1) is 19.0 Å². The van der Waals surface area contributed by atoms with Gasteiger partial charge < -0.3 is 4.74 Å². The van der Waals surface area contributed by atoms with Gasteiger partial charge in [-0.05, 0) is 28.8 Å². The van der Waals surface area contributed by atoms with Crippen molar-refractivity contribution in [2.75, 3.05) is 12.5 Å². The standard InChI is InChI=1S/C23H19N3OS/c1-27-21-9-5-8-20(14-21)18-12-10-17(11-13-18)15-24-26-23-25-22(16-28-23)19-6-3-2-4-7-19/h2-16H,1H3,(H,25,26). The summed E-state index contributed by atoms with van der Waals surface area (Å²) in [6.45, 7) is 0. The average Bonchev–Trinajstić information content (AvgIpc) is 3.24. The van der Waals surface area contributed by atoms with Gasteiger partial charge in [-0.15, -0.1) is 11.3 Å². The normalized spacial score (nSPS) is 10.9. The number of anilines is 1. The number of hydrogen-bond acceptors (Lipinski definition) is 5. The second-order valence-electron chi connectivity index (χ2n) is 6.13. The number of aromatic nitrogens is 1. The molecule has 0 unspecified atom stereocenters. The molecule has 28 heavy (non-hydrogen) atoms. The summed E-state index contributed by atoms with van der Waals surface area (Å²) in [4.78, 5) is 4.56. The van der Waals surface area contributed by atoms with E-state index in [0.29, 0.717) is 0 Å². The zero-order chi connectivity index (χ0) is 19.2. The predicted molar refractivity (Wildman–Crippen MR) is 117 cm³/mol. The van der Waals surface area contributed by atoms with Gasteiger partial charge in [0.2, 0.25) is 5.13 Å². The number of nitrogens with one attached hydrogen (secondary N) is 1. The minimum absolute atomic E-state index is 0.767. The lowest BCUT2D eigenvalue weighted by molar-refractivity contribution is 0.415. The van der Waals surface area contributed by atoms with E-state index in [1.54, 1.807) is 13.3 Å². The van der Waals surface area contributed by atoms with Crippen LogP contribution >= 0.6 is 11.3 Å². The average molecular weight is 385 g/mol. The highest BCUT2D eigenvalue weighted by atomic mass is 32.1. The zero-order valence-electron chi connectivity index (χ0n) is 15.4. The lowest BCUT2D eigenvalue weighted by atomic mass is 10.0. The van der Waals surface area contributed by atoms with Crippen LogP contribution in [0.25, 0.3) is 22.4 Å². The van der Waals surface area contributed by atoms with Gasteiger partial charge in [0.1, 0.15) is 5.75 Å². The Labute approximate surface area is 168 Å². The fraction of sp³-hybridized carbons (Fsp3) is 0.0435. The second-order valence-corrected chi connectivity index (χ2v) is 6.99. The maximum atomic E-state index is 5.29. The van der Waals surface area contributed by atoms with Crippen molar-refractivity contribution < 1.29 is 4.74 Å². The van der Waals surface area contributed by atoms with Crippen molar-refractivity contribution in [3.05, 3.63) is 89.8 Å². The minimum atomic E-state index is 0.767. The molecule has 3 aromatic carbocycles. The van der Waals surface area contributed by atoms with E-state index in [2.05, 4.69) is 33.7 Å². The lowest BCUT2D eigenvalue weighted by Gasteiger charge is -2.05. The molecule has 4 aromatic rings. The van der Waals surface area contributed by atoms with Gasteiger partial charge in [0.25, 0.3) is 0 Å². The molecule has 0 amide bonds. The molecule has 0 saturated heterocycles. The number of benzene rings is 3. The monoisotopic (exact) mass is 385 g/mol. The number of methoxy groups -OCH3 is 1. The molecule has 4 rings (SSSR count). The van der Waals surface area contributed by atoms with Crippen molar-refractivity contribution in [1.29, 1.82) is 0 Å². The summed E-state index contributed by atoms with van der Waals surface area (Å²) in [7, 11) is 1.68. The maximum absolute atomic E-state index is 5.29. The fourth-order valence-corrected chi connectivity index (χ4v) is 3.46. The third-order valence-electron chi connectivity index (χ3n) is 4.26. The Morgan fingerprint density at radius 3 is 2.46 bits per heavy atom. The van der Waals surface area contributed by atoms with E-state index >= 15 is 0 Å². The molecule has 0 bridgehead atoms. The molecule has 1 N–H and O–H groups in total. The minimum Gasteiger partial charge on any atom is -0.497 e. The molecular weight excluding hydrogens is 366 g/mol. The Morgan fingerprint density at radius 2 is 1.68 bits per heavy atom. The van der Waals surface area contributed by atoms with E-state index in [9.17, 15) is 0 Å². The maximum Gasteiger partial charge on any atom is 0.203 e. The first kappa shape index (κ1) is 17.9. The topological polar surface area (TPSA) is 46.5 Å². The largest absolute Gasteiger partial charge is 0.497 e. The van der Waals surface area contributed by atoms with Gasteiger partial charge in [0.15, 0.2) is 0 Å². The van der Waals surface area contributed by atoms with Crippen LogP contribution in [-0.4, -0.2) is 18.3 Å². The van der Waals surface area contributed by atoms with E-state index in [-0.39, 0.29) is 0 Å². The molecule has 4 nitrogen and oxygen atoms in total. The summed E-state index contributed by atoms with van der Waals surface area (Å²) in [5.74, 6) is 0.852. The van der Waals surface area contributed by atoms with Crippen LogP contribution in [0.4, 0.5) is 5.13 Å². The number of hydrogen-bond donors (Lipinski definition) is 1. The van der Waals surface area contributed by atoms with Crippen LogP contribution in [0.3, 0.4) is 0 Å². The molecule has 0 saturated carbocycles. The van der Waals surface area contributed by atoms with Crippen molar-refractivity contribution in [2.45, 2.75) is 0 Å². The fourth-order valence-electron chi connectivity index (χ4n) is 2.79. The smallest absolute Gasteiger partial charge is 0.203 e. The molecule has 0 aliphatic heterocycles. The molecule has 1 heterocycles. The highest BCUT2D eigenvalue weighted by molar-refractivity contribution is 7.14. The second kappa shape index (κ2) is 8.50. The van der Waals surface area contributed by atoms with E-state index < -0.39 is 0 Å². The number of thiazole rings is 1.